The van der Waals surface area contributed by atoms with Crippen molar-refractivity contribution in [1.29, 1.82) is 0 Å². The van der Waals surface area contributed by atoms with Crippen molar-refractivity contribution in [2.24, 2.45) is 0 Å². The van der Waals surface area contributed by atoms with Gasteiger partial charge in [0.2, 0.25) is 5.91 Å². The summed E-state index contributed by atoms with van der Waals surface area (Å²) in [5.74, 6) is 2.00. The molecular weight excluding hydrogens is 340 g/mol. The first kappa shape index (κ1) is 18.7. The number of ether oxygens (including phenoxy) is 1. The van der Waals surface area contributed by atoms with Crippen LogP contribution < -0.4 is 10.1 Å². The second kappa shape index (κ2) is 8.54. The topological polar surface area (TPSA) is 64.4 Å². The van der Waals surface area contributed by atoms with Gasteiger partial charge in [0.15, 0.2) is 11.7 Å². The number of hydrogen-bond donors (Lipinski definition) is 1. The molecule has 0 fully saturated rings. The number of rotatable bonds is 7. The van der Waals surface area contributed by atoms with Crippen molar-refractivity contribution in [1.82, 2.24) is 4.98 Å². The van der Waals surface area contributed by atoms with E-state index in [1.807, 2.05) is 63.2 Å². The molecule has 1 N–H and O–H groups in total. The Kier molecular flexibility index (Phi) is 5.91. The minimum Gasteiger partial charge on any atom is -0.494 e. The van der Waals surface area contributed by atoms with Crippen molar-refractivity contribution in [2.75, 3.05) is 11.9 Å². The molecule has 0 saturated heterocycles. The van der Waals surface area contributed by atoms with Crippen LogP contribution in [-0.4, -0.2) is 17.5 Å². The molecule has 1 amide bonds. The summed E-state index contributed by atoms with van der Waals surface area (Å²) in [5.41, 5.74) is 4.09. The van der Waals surface area contributed by atoms with Crippen LogP contribution in [0.1, 0.15) is 30.4 Å². The van der Waals surface area contributed by atoms with Crippen molar-refractivity contribution < 1.29 is 13.9 Å². The Morgan fingerprint density at radius 1 is 1.11 bits per heavy atom. The smallest absolute Gasteiger partial charge is 0.224 e. The number of aryl methyl sites for hydroxylation is 3. The Bertz CT molecular complexity index is 914. The molecule has 0 bridgehead atoms. The molecule has 0 saturated carbocycles. The van der Waals surface area contributed by atoms with E-state index in [2.05, 4.69) is 10.3 Å². The molecule has 5 heteroatoms. The Labute approximate surface area is 159 Å². The summed E-state index contributed by atoms with van der Waals surface area (Å²) in [5, 5.41) is 2.91. The molecule has 27 heavy (non-hydrogen) atoms. The first-order valence-corrected chi connectivity index (χ1v) is 9.10. The van der Waals surface area contributed by atoms with E-state index in [1.165, 1.54) is 5.56 Å². The number of carbonyl (C=O) groups excluding carboxylic acids is 1. The predicted molar refractivity (Wildman–Crippen MR) is 106 cm³/mol. The van der Waals surface area contributed by atoms with E-state index in [-0.39, 0.29) is 5.91 Å². The van der Waals surface area contributed by atoms with Gasteiger partial charge in [-0.2, -0.15) is 0 Å². The molecule has 0 aliphatic rings. The average molecular weight is 364 g/mol. The number of benzene rings is 2. The average Bonchev–Trinajstić information content (AvgIpc) is 3.13. The number of amides is 1. The van der Waals surface area contributed by atoms with E-state index in [0.29, 0.717) is 31.1 Å². The van der Waals surface area contributed by atoms with E-state index in [4.69, 9.17) is 9.15 Å². The lowest BCUT2D eigenvalue weighted by Gasteiger charge is -2.07. The van der Waals surface area contributed by atoms with Crippen LogP contribution in [0, 0.1) is 13.8 Å². The van der Waals surface area contributed by atoms with Crippen LogP contribution >= 0.6 is 0 Å². The van der Waals surface area contributed by atoms with Crippen LogP contribution in [0.2, 0.25) is 0 Å². The fraction of sp³-hybridized carbons (Fsp3) is 0.273. The zero-order valence-corrected chi connectivity index (χ0v) is 15.9. The largest absolute Gasteiger partial charge is 0.494 e. The first-order valence-electron chi connectivity index (χ1n) is 9.10. The van der Waals surface area contributed by atoms with E-state index < -0.39 is 0 Å². The van der Waals surface area contributed by atoms with Crippen molar-refractivity contribution in [3.8, 4) is 17.1 Å². The molecule has 0 unspecified atom stereocenters. The van der Waals surface area contributed by atoms with E-state index in [0.717, 1.165) is 22.6 Å². The van der Waals surface area contributed by atoms with Gasteiger partial charge in [0.25, 0.3) is 0 Å². The fourth-order valence-corrected chi connectivity index (χ4v) is 2.70. The number of hydrogen-bond acceptors (Lipinski definition) is 4. The van der Waals surface area contributed by atoms with Gasteiger partial charge in [0, 0.05) is 24.1 Å². The van der Waals surface area contributed by atoms with Crippen molar-refractivity contribution in [3.05, 3.63) is 65.7 Å². The summed E-state index contributed by atoms with van der Waals surface area (Å²) in [4.78, 5) is 16.4. The minimum absolute atomic E-state index is 0.0564. The Hall–Kier alpha value is -3.08. The van der Waals surface area contributed by atoms with Crippen molar-refractivity contribution >= 4 is 11.6 Å². The second-order valence-electron chi connectivity index (χ2n) is 6.42. The van der Waals surface area contributed by atoms with Crippen LogP contribution in [-0.2, 0) is 11.2 Å². The Balaban J connectivity index is 1.55. The van der Waals surface area contributed by atoms with Gasteiger partial charge in [0.05, 0.1) is 12.8 Å². The van der Waals surface area contributed by atoms with Gasteiger partial charge < -0.3 is 14.5 Å². The van der Waals surface area contributed by atoms with Crippen molar-refractivity contribution in [3.63, 3.8) is 0 Å². The highest BCUT2D eigenvalue weighted by Crippen LogP contribution is 2.23. The third-order valence-electron chi connectivity index (χ3n) is 4.36. The summed E-state index contributed by atoms with van der Waals surface area (Å²) in [6.45, 7) is 6.66. The minimum atomic E-state index is -0.0564. The fourth-order valence-electron chi connectivity index (χ4n) is 2.70. The third-order valence-corrected chi connectivity index (χ3v) is 4.36. The molecule has 3 aromatic rings. The molecule has 1 aromatic heterocycles. The molecule has 140 valence electrons. The van der Waals surface area contributed by atoms with Gasteiger partial charge in [-0.25, -0.2) is 4.98 Å². The summed E-state index contributed by atoms with van der Waals surface area (Å²) in [6.07, 6.45) is 2.45. The first-order chi connectivity index (χ1) is 13.0. The SMILES string of the molecule is CCOc1ccc(-c2cnc(CCC(=O)Nc3ccc(C)c(C)c3)o2)cc1. The molecule has 1 heterocycles. The zero-order chi connectivity index (χ0) is 19.2. The molecule has 0 radical (unpaired) electrons. The van der Waals surface area contributed by atoms with E-state index in [1.54, 1.807) is 6.20 Å². The normalized spacial score (nSPS) is 10.6. The number of carbonyl (C=O) groups is 1. The Morgan fingerprint density at radius 3 is 2.59 bits per heavy atom. The van der Waals surface area contributed by atoms with E-state index >= 15 is 0 Å². The highest BCUT2D eigenvalue weighted by Gasteiger charge is 2.10. The van der Waals surface area contributed by atoms with E-state index in [9.17, 15) is 4.79 Å². The molecule has 5 nitrogen and oxygen atoms in total. The van der Waals surface area contributed by atoms with Crippen LogP contribution in [0.25, 0.3) is 11.3 Å². The molecule has 0 aliphatic heterocycles. The molecule has 0 aliphatic carbocycles. The number of aromatic nitrogens is 1. The quantitative estimate of drug-likeness (QED) is 0.646. The number of anilines is 1. The summed E-state index contributed by atoms with van der Waals surface area (Å²) in [7, 11) is 0. The molecule has 0 spiro atoms. The molecule has 0 atom stereocenters. The zero-order valence-electron chi connectivity index (χ0n) is 15.9. The highest BCUT2D eigenvalue weighted by molar-refractivity contribution is 5.90. The van der Waals surface area contributed by atoms with Crippen LogP contribution in [0.3, 0.4) is 0 Å². The lowest BCUT2D eigenvalue weighted by atomic mass is 10.1. The number of nitrogens with one attached hydrogen (secondary N) is 1. The monoisotopic (exact) mass is 364 g/mol. The Morgan fingerprint density at radius 2 is 1.89 bits per heavy atom. The van der Waals surface area contributed by atoms with Crippen LogP contribution in [0.15, 0.2) is 53.1 Å². The third kappa shape index (κ3) is 4.97. The van der Waals surface area contributed by atoms with Gasteiger partial charge in [-0.1, -0.05) is 6.07 Å². The molecular formula is C22H24N2O3. The summed E-state index contributed by atoms with van der Waals surface area (Å²) >= 11 is 0. The lowest BCUT2D eigenvalue weighted by Crippen LogP contribution is -2.12. The maximum absolute atomic E-state index is 12.2. The lowest BCUT2D eigenvalue weighted by molar-refractivity contribution is -0.116. The number of oxazole rings is 1. The highest BCUT2D eigenvalue weighted by atomic mass is 16.5. The maximum Gasteiger partial charge on any atom is 0.224 e. The van der Waals surface area contributed by atoms with Gasteiger partial charge in [-0.05, 0) is 68.3 Å². The van der Waals surface area contributed by atoms with Crippen LogP contribution in [0.4, 0.5) is 5.69 Å². The van der Waals surface area contributed by atoms with Crippen molar-refractivity contribution in [2.45, 2.75) is 33.6 Å². The summed E-state index contributed by atoms with van der Waals surface area (Å²) in [6, 6.07) is 13.6. The second-order valence-corrected chi connectivity index (χ2v) is 6.42. The standard InChI is InChI=1S/C22H24N2O3/c1-4-26-19-9-6-17(7-10-19)20-14-23-22(27-20)12-11-21(25)24-18-8-5-15(2)16(3)13-18/h5-10,13-14H,4,11-12H2,1-3H3,(H,24,25). The molecule has 2 aromatic carbocycles. The van der Waals surface area contributed by atoms with Crippen LogP contribution in [0.5, 0.6) is 5.75 Å². The number of nitrogens with zero attached hydrogens (tertiary/aromatic N) is 1. The summed E-state index contributed by atoms with van der Waals surface area (Å²) < 4.78 is 11.2. The predicted octanol–water partition coefficient (Wildman–Crippen LogP) is 4.93. The van der Waals surface area contributed by atoms with Gasteiger partial charge >= 0.3 is 0 Å². The molecule has 3 rings (SSSR count). The van der Waals surface area contributed by atoms with Gasteiger partial charge in [-0.15, -0.1) is 0 Å². The van der Waals surface area contributed by atoms with Gasteiger partial charge in [0.1, 0.15) is 5.75 Å². The maximum atomic E-state index is 12.2. The van der Waals surface area contributed by atoms with Gasteiger partial charge in [-0.3, -0.25) is 4.79 Å².